The summed E-state index contributed by atoms with van der Waals surface area (Å²) in [4.78, 5) is 33.8. The number of aromatic nitrogens is 2. The standard InChI is InChI=1S/C17H16F2N4O2/c1-10(14-8-20-4-5-21-14)22-17(25)11-6-16(24)23(9-11)15-3-2-12(18)7-13(15)19/h2-5,7-8,10-11H,6,9H2,1H3,(H,22,25). The van der Waals surface area contributed by atoms with Crippen molar-refractivity contribution in [1.82, 2.24) is 15.3 Å². The molecule has 8 heteroatoms. The fourth-order valence-corrected chi connectivity index (χ4v) is 2.76. The number of anilines is 1. The van der Waals surface area contributed by atoms with Gasteiger partial charge in [0.15, 0.2) is 0 Å². The third-order valence-corrected chi connectivity index (χ3v) is 4.08. The second kappa shape index (κ2) is 6.92. The molecule has 130 valence electrons. The highest BCUT2D eigenvalue weighted by molar-refractivity contribution is 6.00. The highest BCUT2D eigenvalue weighted by Gasteiger charge is 2.36. The zero-order valence-corrected chi connectivity index (χ0v) is 13.4. The zero-order chi connectivity index (χ0) is 18.0. The number of carbonyl (C=O) groups is 2. The lowest BCUT2D eigenvalue weighted by Gasteiger charge is -2.18. The second-order valence-electron chi connectivity index (χ2n) is 5.86. The molecule has 0 saturated carbocycles. The fraction of sp³-hybridized carbons (Fsp3) is 0.294. The van der Waals surface area contributed by atoms with Crippen molar-refractivity contribution in [2.75, 3.05) is 11.4 Å². The Morgan fingerprint density at radius 3 is 2.84 bits per heavy atom. The molecule has 2 aromatic rings. The second-order valence-corrected chi connectivity index (χ2v) is 5.86. The first kappa shape index (κ1) is 16.9. The quantitative estimate of drug-likeness (QED) is 0.919. The van der Waals surface area contributed by atoms with Crippen LogP contribution in [0.1, 0.15) is 25.1 Å². The largest absolute Gasteiger partial charge is 0.348 e. The SMILES string of the molecule is CC(NC(=O)C1CC(=O)N(c2ccc(F)cc2F)C1)c1cnccn1. The van der Waals surface area contributed by atoms with Gasteiger partial charge in [0.05, 0.1) is 29.5 Å². The Morgan fingerprint density at radius 1 is 1.36 bits per heavy atom. The van der Waals surface area contributed by atoms with Crippen LogP contribution in [0.15, 0.2) is 36.8 Å². The third-order valence-electron chi connectivity index (χ3n) is 4.08. The number of hydrogen-bond donors (Lipinski definition) is 1. The van der Waals surface area contributed by atoms with E-state index in [9.17, 15) is 18.4 Å². The lowest BCUT2D eigenvalue weighted by molar-refractivity contribution is -0.126. The van der Waals surface area contributed by atoms with E-state index >= 15 is 0 Å². The van der Waals surface area contributed by atoms with Crippen LogP contribution in [0.5, 0.6) is 0 Å². The minimum Gasteiger partial charge on any atom is -0.348 e. The molecule has 1 N–H and O–H groups in total. The van der Waals surface area contributed by atoms with Crippen LogP contribution in [-0.4, -0.2) is 28.3 Å². The number of nitrogens with zero attached hydrogens (tertiary/aromatic N) is 3. The molecule has 0 radical (unpaired) electrons. The van der Waals surface area contributed by atoms with Gasteiger partial charge < -0.3 is 10.2 Å². The molecule has 1 fully saturated rings. The Morgan fingerprint density at radius 2 is 2.16 bits per heavy atom. The van der Waals surface area contributed by atoms with E-state index in [0.717, 1.165) is 6.07 Å². The van der Waals surface area contributed by atoms with E-state index in [1.807, 2.05) is 0 Å². The van der Waals surface area contributed by atoms with E-state index in [0.29, 0.717) is 11.8 Å². The maximum atomic E-state index is 13.9. The minimum absolute atomic E-state index is 0.0244. The molecule has 0 aliphatic carbocycles. The summed E-state index contributed by atoms with van der Waals surface area (Å²) in [6, 6.07) is 2.62. The molecule has 0 bridgehead atoms. The molecule has 2 atom stereocenters. The van der Waals surface area contributed by atoms with Gasteiger partial charge in [-0.25, -0.2) is 8.78 Å². The van der Waals surface area contributed by atoms with Gasteiger partial charge in [0.1, 0.15) is 11.6 Å². The summed E-state index contributed by atoms with van der Waals surface area (Å²) in [7, 11) is 0. The van der Waals surface area contributed by atoms with E-state index in [4.69, 9.17) is 0 Å². The molecule has 1 aliphatic heterocycles. The van der Waals surface area contributed by atoms with E-state index in [2.05, 4.69) is 15.3 Å². The van der Waals surface area contributed by atoms with Gasteiger partial charge in [-0.3, -0.25) is 19.6 Å². The maximum absolute atomic E-state index is 13.9. The first-order chi connectivity index (χ1) is 12.0. The fourth-order valence-electron chi connectivity index (χ4n) is 2.76. The van der Waals surface area contributed by atoms with Gasteiger partial charge >= 0.3 is 0 Å². The molecule has 2 heterocycles. The first-order valence-corrected chi connectivity index (χ1v) is 7.77. The molecule has 2 unspecified atom stereocenters. The van der Waals surface area contributed by atoms with Gasteiger partial charge in [-0.05, 0) is 19.1 Å². The van der Waals surface area contributed by atoms with Crippen LogP contribution in [0, 0.1) is 17.6 Å². The van der Waals surface area contributed by atoms with Crippen LogP contribution >= 0.6 is 0 Å². The molecule has 25 heavy (non-hydrogen) atoms. The normalized spacial score (nSPS) is 18.3. The molecule has 1 saturated heterocycles. The van der Waals surface area contributed by atoms with Gasteiger partial charge in [0.25, 0.3) is 0 Å². The average molecular weight is 346 g/mol. The van der Waals surface area contributed by atoms with Gasteiger partial charge in [0, 0.05) is 31.4 Å². The van der Waals surface area contributed by atoms with Crippen molar-refractivity contribution in [1.29, 1.82) is 0 Å². The molecule has 1 aliphatic rings. The topological polar surface area (TPSA) is 75.2 Å². The predicted molar refractivity (Wildman–Crippen MR) is 85.4 cm³/mol. The van der Waals surface area contributed by atoms with E-state index in [1.165, 1.54) is 23.4 Å². The molecule has 1 aromatic carbocycles. The summed E-state index contributed by atoms with van der Waals surface area (Å²) >= 11 is 0. The molecular formula is C17H16F2N4O2. The van der Waals surface area contributed by atoms with E-state index < -0.39 is 17.6 Å². The summed E-state index contributed by atoms with van der Waals surface area (Å²) in [5.74, 6) is -2.87. The summed E-state index contributed by atoms with van der Waals surface area (Å²) in [5.41, 5.74) is 0.574. The van der Waals surface area contributed by atoms with Crippen molar-refractivity contribution in [2.45, 2.75) is 19.4 Å². The van der Waals surface area contributed by atoms with Gasteiger partial charge in [0.2, 0.25) is 11.8 Å². The smallest absolute Gasteiger partial charge is 0.227 e. The van der Waals surface area contributed by atoms with Crippen LogP contribution in [-0.2, 0) is 9.59 Å². The molecule has 2 amide bonds. The third kappa shape index (κ3) is 3.62. The minimum atomic E-state index is -0.831. The Labute approximate surface area is 142 Å². The Bertz CT molecular complexity index is 800. The molecule has 0 spiro atoms. The van der Waals surface area contributed by atoms with Gasteiger partial charge in [-0.1, -0.05) is 0 Å². The summed E-state index contributed by atoms with van der Waals surface area (Å²) in [6.45, 7) is 1.80. The Hall–Kier alpha value is -2.90. The molecule has 3 rings (SSSR count). The van der Waals surface area contributed by atoms with Crippen LogP contribution in [0.3, 0.4) is 0 Å². The maximum Gasteiger partial charge on any atom is 0.227 e. The van der Waals surface area contributed by atoms with Crippen LogP contribution in [0.4, 0.5) is 14.5 Å². The molecule has 6 nitrogen and oxygen atoms in total. The van der Waals surface area contributed by atoms with Gasteiger partial charge in [-0.2, -0.15) is 0 Å². The monoisotopic (exact) mass is 346 g/mol. The highest BCUT2D eigenvalue weighted by atomic mass is 19.1. The van der Waals surface area contributed by atoms with E-state index in [-0.39, 0.29) is 36.5 Å². The predicted octanol–water partition coefficient (Wildman–Crippen LogP) is 1.99. The number of carbonyl (C=O) groups excluding carboxylic acids is 2. The lowest BCUT2D eigenvalue weighted by Crippen LogP contribution is -2.35. The average Bonchev–Trinajstić information content (AvgIpc) is 2.97. The lowest BCUT2D eigenvalue weighted by atomic mass is 10.1. The molecule has 1 aromatic heterocycles. The van der Waals surface area contributed by atoms with Crippen molar-refractivity contribution in [3.05, 3.63) is 54.1 Å². The summed E-state index contributed by atoms with van der Waals surface area (Å²) in [6.07, 6.45) is 4.57. The number of nitrogens with one attached hydrogen (secondary N) is 1. The van der Waals surface area contributed by atoms with Crippen molar-refractivity contribution in [3.8, 4) is 0 Å². The van der Waals surface area contributed by atoms with Crippen molar-refractivity contribution in [2.24, 2.45) is 5.92 Å². The van der Waals surface area contributed by atoms with Crippen molar-refractivity contribution >= 4 is 17.5 Å². The number of amides is 2. The van der Waals surface area contributed by atoms with Gasteiger partial charge in [-0.15, -0.1) is 0 Å². The molecular weight excluding hydrogens is 330 g/mol. The van der Waals surface area contributed by atoms with Crippen LogP contribution in [0.25, 0.3) is 0 Å². The number of halogens is 2. The Balaban J connectivity index is 1.68. The summed E-state index contributed by atoms with van der Waals surface area (Å²) < 4.78 is 26.9. The van der Waals surface area contributed by atoms with Crippen LogP contribution < -0.4 is 10.2 Å². The van der Waals surface area contributed by atoms with Crippen molar-refractivity contribution in [3.63, 3.8) is 0 Å². The Kier molecular flexibility index (Phi) is 4.69. The van der Waals surface area contributed by atoms with Crippen LogP contribution in [0.2, 0.25) is 0 Å². The van der Waals surface area contributed by atoms with E-state index in [1.54, 1.807) is 13.1 Å². The highest BCUT2D eigenvalue weighted by Crippen LogP contribution is 2.28. The zero-order valence-electron chi connectivity index (χ0n) is 13.4. The number of hydrogen-bond acceptors (Lipinski definition) is 4. The summed E-state index contributed by atoms with van der Waals surface area (Å²) in [5, 5.41) is 2.78. The number of rotatable bonds is 4. The number of benzene rings is 1. The van der Waals surface area contributed by atoms with Crippen molar-refractivity contribution < 1.29 is 18.4 Å². The first-order valence-electron chi connectivity index (χ1n) is 7.77.